The zero-order chi connectivity index (χ0) is 12.1. The van der Waals surface area contributed by atoms with Crippen LogP contribution >= 0.6 is 0 Å². The summed E-state index contributed by atoms with van der Waals surface area (Å²) in [4.78, 5) is 0. The van der Waals surface area contributed by atoms with Crippen molar-refractivity contribution in [2.45, 2.75) is 19.8 Å². The van der Waals surface area contributed by atoms with Crippen LogP contribution in [0.1, 0.15) is 25.3 Å². The van der Waals surface area contributed by atoms with E-state index in [0.717, 1.165) is 30.6 Å². The van der Waals surface area contributed by atoms with Crippen LogP contribution in [0.3, 0.4) is 0 Å². The molecule has 2 rings (SSSR count). The molecule has 0 bridgehead atoms. The van der Waals surface area contributed by atoms with Crippen LogP contribution in [-0.2, 0) is 0 Å². The number of nitriles is 1. The van der Waals surface area contributed by atoms with E-state index >= 15 is 0 Å². The molecule has 0 aliphatic carbocycles. The molecular weight excluding hydrogens is 212 g/mol. The number of hydrogen-bond acceptors (Lipinski definition) is 4. The lowest BCUT2D eigenvalue weighted by Crippen LogP contribution is -2.40. The van der Waals surface area contributed by atoms with Crippen molar-refractivity contribution >= 4 is 5.70 Å². The van der Waals surface area contributed by atoms with Crippen molar-refractivity contribution in [3.63, 3.8) is 0 Å². The minimum Gasteiger partial charge on any atom is -0.298 e. The second-order valence-corrected chi connectivity index (χ2v) is 3.96. The van der Waals surface area contributed by atoms with Gasteiger partial charge >= 0.3 is 0 Å². The maximum absolute atomic E-state index is 9.10. The molecular formula is C13H16N4. The number of allylic oxidation sites excluding steroid dienone is 1. The fourth-order valence-electron chi connectivity index (χ4n) is 1.73. The van der Waals surface area contributed by atoms with Gasteiger partial charge in [0, 0.05) is 12.1 Å². The zero-order valence-corrected chi connectivity index (χ0v) is 9.90. The van der Waals surface area contributed by atoms with E-state index in [-0.39, 0.29) is 0 Å². The Labute approximate surface area is 101 Å². The van der Waals surface area contributed by atoms with E-state index in [1.165, 1.54) is 0 Å². The number of hydrogen-bond donors (Lipinski definition) is 2. The Morgan fingerprint density at radius 2 is 2.00 bits per heavy atom. The fraction of sp³-hybridized carbons (Fsp3) is 0.308. The summed E-state index contributed by atoms with van der Waals surface area (Å²) in [5.74, 6) is 0. The van der Waals surface area contributed by atoms with Crippen LogP contribution in [-0.4, -0.2) is 11.7 Å². The summed E-state index contributed by atoms with van der Waals surface area (Å²) < 4.78 is 0. The maximum Gasteiger partial charge on any atom is 0.154 e. The number of nitrogens with zero attached hydrogens (tertiary/aromatic N) is 2. The minimum absolute atomic E-state index is 0.576. The average Bonchev–Trinajstić information content (AvgIpc) is 2.80. The first-order chi connectivity index (χ1) is 8.35. The van der Waals surface area contributed by atoms with Gasteiger partial charge in [0.25, 0.3) is 0 Å². The zero-order valence-electron chi connectivity index (χ0n) is 9.90. The van der Waals surface area contributed by atoms with Crippen LogP contribution in [0.4, 0.5) is 0 Å². The summed E-state index contributed by atoms with van der Waals surface area (Å²) >= 11 is 0. The standard InChI is InChI=1S/C13H16N4/c1-2-3-9-17-15-12(10-14)13(16-17)11-7-5-4-6-8-11/h4-8,15-16H,2-3,9H2,1H3. The summed E-state index contributed by atoms with van der Waals surface area (Å²) in [6.45, 7) is 3.02. The molecule has 1 aromatic carbocycles. The topological polar surface area (TPSA) is 51.1 Å². The summed E-state index contributed by atoms with van der Waals surface area (Å²) in [7, 11) is 0. The molecule has 17 heavy (non-hydrogen) atoms. The maximum atomic E-state index is 9.10. The number of unbranched alkanes of at least 4 members (excludes halogenated alkanes) is 1. The smallest absolute Gasteiger partial charge is 0.154 e. The molecule has 0 amide bonds. The third kappa shape index (κ3) is 2.58. The SMILES string of the molecule is CCCCN1NC(C#N)=C(c2ccccc2)N1. The molecule has 0 saturated carbocycles. The van der Waals surface area contributed by atoms with E-state index < -0.39 is 0 Å². The molecule has 0 radical (unpaired) electrons. The number of benzene rings is 1. The summed E-state index contributed by atoms with van der Waals surface area (Å²) in [5, 5.41) is 11.0. The monoisotopic (exact) mass is 228 g/mol. The molecule has 0 aromatic heterocycles. The average molecular weight is 228 g/mol. The highest BCUT2D eigenvalue weighted by molar-refractivity contribution is 5.70. The van der Waals surface area contributed by atoms with Gasteiger partial charge in [-0.25, -0.2) is 0 Å². The van der Waals surface area contributed by atoms with Gasteiger partial charge < -0.3 is 0 Å². The second kappa shape index (κ2) is 5.37. The molecule has 0 spiro atoms. The molecule has 1 aromatic rings. The van der Waals surface area contributed by atoms with Crippen molar-refractivity contribution in [2.75, 3.05) is 6.54 Å². The van der Waals surface area contributed by atoms with Gasteiger partial charge in [-0.05, 0) is 6.42 Å². The Morgan fingerprint density at radius 3 is 2.65 bits per heavy atom. The largest absolute Gasteiger partial charge is 0.298 e. The van der Waals surface area contributed by atoms with Crippen LogP contribution in [0.25, 0.3) is 5.70 Å². The summed E-state index contributed by atoms with van der Waals surface area (Å²) in [6.07, 6.45) is 2.21. The molecule has 1 heterocycles. The number of nitrogens with one attached hydrogen (secondary N) is 2. The predicted molar refractivity (Wildman–Crippen MR) is 66.9 cm³/mol. The summed E-state index contributed by atoms with van der Waals surface area (Å²) in [5.41, 5.74) is 8.74. The van der Waals surface area contributed by atoms with Gasteiger partial charge in [-0.3, -0.25) is 10.9 Å². The van der Waals surface area contributed by atoms with Gasteiger partial charge in [0.15, 0.2) is 5.70 Å². The van der Waals surface area contributed by atoms with Crippen LogP contribution in [0.15, 0.2) is 36.0 Å². The first-order valence-corrected chi connectivity index (χ1v) is 5.85. The highest BCUT2D eigenvalue weighted by Gasteiger charge is 2.20. The molecule has 1 aliphatic heterocycles. The molecule has 0 fully saturated rings. The first-order valence-electron chi connectivity index (χ1n) is 5.85. The Morgan fingerprint density at radius 1 is 1.24 bits per heavy atom. The third-order valence-electron chi connectivity index (χ3n) is 2.65. The van der Waals surface area contributed by atoms with E-state index in [2.05, 4.69) is 23.8 Å². The number of hydrazine groups is 2. The van der Waals surface area contributed by atoms with Crippen molar-refractivity contribution in [3.05, 3.63) is 41.6 Å². The molecule has 2 N–H and O–H groups in total. The highest BCUT2D eigenvalue weighted by atomic mass is 15.8. The second-order valence-electron chi connectivity index (χ2n) is 3.96. The van der Waals surface area contributed by atoms with E-state index in [9.17, 15) is 0 Å². The van der Waals surface area contributed by atoms with Gasteiger partial charge in [0.05, 0.1) is 5.70 Å². The fourth-order valence-corrected chi connectivity index (χ4v) is 1.73. The molecule has 88 valence electrons. The summed E-state index contributed by atoms with van der Waals surface area (Å²) in [6, 6.07) is 12.1. The van der Waals surface area contributed by atoms with Crippen molar-refractivity contribution in [1.82, 2.24) is 16.0 Å². The van der Waals surface area contributed by atoms with E-state index in [1.54, 1.807) is 0 Å². The predicted octanol–water partition coefficient (Wildman–Crippen LogP) is 2.00. The van der Waals surface area contributed by atoms with Crippen LogP contribution in [0.2, 0.25) is 0 Å². The van der Waals surface area contributed by atoms with Crippen LogP contribution in [0, 0.1) is 11.3 Å². The Hall–Kier alpha value is -1.99. The van der Waals surface area contributed by atoms with Crippen LogP contribution in [0.5, 0.6) is 0 Å². The lowest BCUT2D eigenvalue weighted by atomic mass is 10.1. The highest BCUT2D eigenvalue weighted by Crippen LogP contribution is 2.18. The van der Waals surface area contributed by atoms with E-state index in [4.69, 9.17) is 5.26 Å². The first kappa shape index (κ1) is 11.5. The van der Waals surface area contributed by atoms with Crippen molar-refractivity contribution in [3.8, 4) is 6.07 Å². The Kier molecular flexibility index (Phi) is 3.63. The lowest BCUT2D eigenvalue weighted by Gasteiger charge is -2.17. The Balaban J connectivity index is 2.13. The quantitative estimate of drug-likeness (QED) is 0.827. The molecule has 0 unspecified atom stereocenters. The van der Waals surface area contributed by atoms with Gasteiger partial charge in [0.1, 0.15) is 6.07 Å². The van der Waals surface area contributed by atoms with Gasteiger partial charge in [-0.2, -0.15) is 5.26 Å². The molecule has 4 nitrogen and oxygen atoms in total. The minimum atomic E-state index is 0.576. The normalized spacial score (nSPS) is 15.3. The third-order valence-corrected chi connectivity index (χ3v) is 2.65. The van der Waals surface area contributed by atoms with Gasteiger partial charge in [0.2, 0.25) is 0 Å². The van der Waals surface area contributed by atoms with Crippen molar-refractivity contribution in [2.24, 2.45) is 0 Å². The van der Waals surface area contributed by atoms with E-state index in [1.807, 2.05) is 35.4 Å². The lowest BCUT2D eigenvalue weighted by molar-refractivity contribution is 0.190. The molecule has 1 aliphatic rings. The van der Waals surface area contributed by atoms with Crippen LogP contribution < -0.4 is 10.9 Å². The number of rotatable bonds is 4. The van der Waals surface area contributed by atoms with Gasteiger partial charge in [-0.15, -0.1) is 5.12 Å². The molecule has 0 atom stereocenters. The van der Waals surface area contributed by atoms with Gasteiger partial charge in [-0.1, -0.05) is 43.7 Å². The molecule has 0 saturated heterocycles. The van der Waals surface area contributed by atoms with Crippen molar-refractivity contribution < 1.29 is 0 Å². The Bertz CT molecular complexity index is 444. The molecule has 4 heteroatoms. The van der Waals surface area contributed by atoms with E-state index in [0.29, 0.717) is 5.70 Å². The van der Waals surface area contributed by atoms with Crippen molar-refractivity contribution in [1.29, 1.82) is 5.26 Å².